The first-order valence-electron chi connectivity index (χ1n) is 6.12. The molecule has 4 rings (SSSR count). The number of benzene rings is 1. The van der Waals surface area contributed by atoms with Crippen molar-refractivity contribution < 1.29 is 9.47 Å². The van der Waals surface area contributed by atoms with Crippen molar-refractivity contribution >= 4 is 22.5 Å². The Morgan fingerprint density at radius 3 is 2.95 bits per heavy atom. The molecule has 20 heavy (non-hydrogen) atoms. The minimum absolute atomic E-state index is 0.263. The summed E-state index contributed by atoms with van der Waals surface area (Å²) in [6.45, 7) is 0.263. The molecule has 1 aromatic carbocycles. The van der Waals surface area contributed by atoms with Gasteiger partial charge in [0, 0.05) is 18.0 Å². The van der Waals surface area contributed by atoms with E-state index >= 15 is 0 Å². The number of nitrogens with zero attached hydrogens (tertiary/aromatic N) is 3. The van der Waals surface area contributed by atoms with Crippen LogP contribution in [-0.4, -0.2) is 21.7 Å². The van der Waals surface area contributed by atoms with Crippen LogP contribution in [0.2, 0.25) is 0 Å². The second-order valence-electron chi connectivity index (χ2n) is 4.29. The monoisotopic (exact) mass is 266 g/mol. The van der Waals surface area contributed by atoms with Crippen LogP contribution in [0.15, 0.2) is 42.9 Å². The Hall–Kier alpha value is -2.89. The van der Waals surface area contributed by atoms with Crippen molar-refractivity contribution in [1.82, 2.24) is 15.0 Å². The SMILES string of the molecule is c1cnc2ncnc(Nc3ccc4c(c3)OCO4)c2c1. The number of fused-ring (bicyclic) bond motifs is 2. The summed E-state index contributed by atoms with van der Waals surface area (Å²) in [5, 5.41) is 4.12. The van der Waals surface area contributed by atoms with Crippen LogP contribution in [0.4, 0.5) is 11.5 Å². The Morgan fingerprint density at radius 1 is 1.00 bits per heavy atom. The smallest absolute Gasteiger partial charge is 0.231 e. The van der Waals surface area contributed by atoms with Crippen molar-refractivity contribution in [2.24, 2.45) is 0 Å². The second kappa shape index (κ2) is 4.34. The summed E-state index contributed by atoms with van der Waals surface area (Å²) in [6.07, 6.45) is 3.20. The van der Waals surface area contributed by atoms with E-state index < -0.39 is 0 Å². The van der Waals surface area contributed by atoms with Crippen molar-refractivity contribution in [3.8, 4) is 11.5 Å². The third kappa shape index (κ3) is 1.78. The van der Waals surface area contributed by atoms with Crippen LogP contribution in [0.25, 0.3) is 11.0 Å². The largest absolute Gasteiger partial charge is 0.454 e. The predicted octanol–water partition coefficient (Wildman–Crippen LogP) is 2.50. The first-order chi connectivity index (χ1) is 9.90. The average molecular weight is 266 g/mol. The van der Waals surface area contributed by atoms with E-state index in [0.717, 1.165) is 22.6 Å². The molecule has 0 spiro atoms. The van der Waals surface area contributed by atoms with Gasteiger partial charge in [0.1, 0.15) is 12.1 Å². The summed E-state index contributed by atoms with van der Waals surface area (Å²) < 4.78 is 10.6. The van der Waals surface area contributed by atoms with Crippen LogP contribution in [0.1, 0.15) is 0 Å². The topological polar surface area (TPSA) is 69.2 Å². The first-order valence-corrected chi connectivity index (χ1v) is 6.12. The molecule has 98 valence electrons. The highest BCUT2D eigenvalue weighted by Gasteiger charge is 2.13. The number of rotatable bonds is 2. The maximum atomic E-state index is 5.36. The highest BCUT2D eigenvalue weighted by atomic mass is 16.7. The number of aromatic nitrogens is 3. The van der Waals surface area contributed by atoms with Crippen LogP contribution in [0.5, 0.6) is 11.5 Å². The van der Waals surface area contributed by atoms with Gasteiger partial charge in [-0.05, 0) is 24.3 Å². The molecule has 1 N–H and O–H groups in total. The van der Waals surface area contributed by atoms with Crippen LogP contribution in [-0.2, 0) is 0 Å². The summed E-state index contributed by atoms with van der Waals surface area (Å²) in [5.41, 5.74) is 1.53. The number of nitrogens with one attached hydrogen (secondary N) is 1. The van der Waals surface area contributed by atoms with E-state index in [1.54, 1.807) is 6.20 Å². The maximum absolute atomic E-state index is 5.36. The van der Waals surface area contributed by atoms with Gasteiger partial charge in [-0.3, -0.25) is 0 Å². The van der Waals surface area contributed by atoms with E-state index in [9.17, 15) is 0 Å². The molecule has 6 nitrogen and oxygen atoms in total. The van der Waals surface area contributed by atoms with Crippen LogP contribution < -0.4 is 14.8 Å². The minimum atomic E-state index is 0.263. The molecule has 0 bridgehead atoms. The van der Waals surface area contributed by atoms with Gasteiger partial charge in [0.05, 0.1) is 5.39 Å². The lowest BCUT2D eigenvalue weighted by molar-refractivity contribution is 0.174. The molecule has 0 aliphatic carbocycles. The number of ether oxygens (including phenoxy) is 2. The third-order valence-corrected chi connectivity index (χ3v) is 3.04. The summed E-state index contributed by atoms with van der Waals surface area (Å²) >= 11 is 0. The molecule has 3 heterocycles. The van der Waals surface area contributed by atoms with Crippen LogP contribution in [0.3, 0.4) is 0 Å². The van der Waals surface area contributed by atoms with E-state index in [0.29, 0.717) is 11.5 Å². The summed E-state index contributed by atoms with van der Waals surface area (Å²) in [4.78, 5) is 12.6. The molecule has 0 radical (unpaired) electrons. The van der Waals surface area contributed by atoms with Gasteiger partial charge in [-0.2, -0.15) is 0 Å². The van der Waals surface area contributed by atoms with Gasteiger partial charge < -0.3 is 14.8 Å². The van der Waals surface area contributed by atoms with Gasteiger partial charge in [-0.15, -0.1) is 0 Å². The van der Waals surface area contributed by atoms with Gasteiger partial charge in [0.25, 0.3) is 0 Å². The number of pyridine rings is 1. The molecule has 6 heteroatoms. The second-order valence-corrected chi connectivity index (χ2v) is 4.29. The molecule has 0 atom stereocenters. The van der Waals surface area contributed by atoms with Crippen LogP contribution >= 0.6 is 0 Å². The Bertz CT molecular complexity index is 786. The van der Waals surface area contributed by atoms with Gasteiger partial charge in [-0.25, -0.2) is 15.0 Å². The number of hydrogen-bond acceptors (Lipinski definition) is 6. The Morgan fingerprint density at radius 2 is 1.95 bits per heavy atom. The van der Waals surface area contributed by atoms with E-state index in [2.05, 4.69) is 20.3 Å². The molecule has 0 unspecified atom stereocenters. The van der Waals surface area contributed by atoms with E-state index in [-0.39, 0.29) is 6.79 Å². The molecule has 1 aliphatic heterocycles. The molecule has 1 aliphatic rings. The minimum Gasteiger partial charge on any atom is -0.454 e. The zero-order valence-corrected chi connectivity index (χ0v) is 10.4. The fraction of sp³-hybridized carbons (Fsp3) is 0.0714. The molecule has 3 aromatic rings. The highest BCUT2D eigenvalue weighted by molar-refractivity contribution is 5.88. The highest BCUT2D eigenvalue weighted by Crippen LogP contribution is 2.35. The predicted molar refractivity (Wildman–Crippen MR) is 73.2 cm³/mol. The van der Waals surface area contributed by atoms with E-state index in [4.69, 9.17) is 9.47 Å². The fourth-order valence-corrected chi connectivity index (χ4v) is 2.11. The average Bonchev–Trinajstić information content (AvgIpc) is 2.95. The zero-order valence-electron chi connectivity index (χ0n) is 10.4. The van der Waals surface area contributed by atoms with E-state index in [1.807, 2.05) is 30.3 Å². The Balaban J connectivity index is 1.74. The summed E-state index contributed by atoms with van der Waals surface area (Å²) in [7, 11) is 0. The first kappa shape index (κ1) is 11.0. The third-order valence-electron chi connectivity index (χ3n) is 3.04. The lowest BCUT2D eigenvalue weighted by Gasteiger charge is -2.08. The molecule has 0 amide bonds. The number of anilines is 2. The van der Waals surface area contributed by atoms with Gasteiger partial charge in [-0.1, -0.05) is 0 Å². The molecule has 0 saturated carbocycles. The maximum Gasteiger partial charge on any atom is 0.231 e. The lowest BCUT2D eigenvalue weighted by Crippen LogP contribution is -1.96. The molecule has 0 fully saturated rings. The molecule has 0 saturated heterocycles. The molecule has 2 aromatic heterocycles. The molecular formula is C14H10N4O2. The van der Waals surface area contributed by atoms with Crippen LogP contribution in [0, 0.1) is 0 Å². The fourth-order valence-electron chi connectivity index (χ4n) is 2.11. The van der Waals surface area contributed by atoms with Crippen molar-refractivity contribution in [2.45, 2.75) is 0 Å². The Kier molecular flexibility index (Phi) is 2.38. The standard InChI is InChI=1S/C14H10N4O2/c1-2-10-13(15-5-1)16-7-17-14(10)18-9-3-4-11-12(6-9)20-8-19-11/h1-7H,8H2,(H,15,16,17,18). The van der Waals surface area contributed by atoms with Crippen molar-refractivity contribution in [1.29, 1.82) is 0 Å². The Labute approximate surface area is 114 Å². The summed E-state index contributed by atoms with van der Waals surface area (Å²) in [6, 6.07) is 9.45. The van der Waals surface area contributed by atoms with Crippen molar-refractivity contribution in [2.75, 3.05) is 12.1 Å². The zero-order chi connectivity index (χ0) is 13.4. The van der Waals surface area contributed by atoms with Gasteiger partial charge in [0.2, 0.25) is 6.79 Å². The molecular weight excluding hydrogens is 256 g/mol. The van der Waals surface area contributed by atoms with Crippen molar-refractivity contribution in [3.63, 3.8) is 0 Å². The lowest BCUT2D eigenvalue weighted by atomic mass is 10.2. The van der Waals surface area contributed by atoms with Gasteiger partial charge in [0.15, 0.2) is 17.1 Å². The van der Waals surface area contributed by atoms with E-state index in [1.165, 1.54) is 6.33 Å². The van der Waals surface area contributed by atoms with Gasteiger partial charge >= 0.3 is 0 Å². The van der Waals surface area contributed by atoms with Crippen molar-refractivity contribution in [3.05, 3.63) is 42.9 Å². The quantitative estimate of drug-likeness (QED) is 0.768. The number of hydrogen-bond donors (Lipinski definition) is 1. The summed E-state index contributed by atoms with van der Waals surface area (Å²) in [5.74, 6) is 2.19. The normalized spacial score (nSPS) is 12.6.